The summed E-state index contributed by atoms with van der Waals surface area (Å²) < 4.78 is 7.29. The molecule has 2 aromatic carbocycles. The smallest absolute Gasteiger partial charge is 0.231 e. The van der Waals surface area contributed by atoms with Crippen molar-refractivity contribution in [2.24, 2.45) is 5.10 Å². The van der Waals surface area contributed by atoms with E-state index in [1.165, 1.54) is 16.7 Å². The van der Waals surface area contributed by atoms with Gasteiger partial charge in [-0.1, -0.05) is 42.5 Å². The molecular formula is C24H24N6O. The molecule has 1 saturated heterocycles. The highest BCUT2D eigenvalue weighted by Gasteiger charge is 2.14. The quantitative estimate of drug-likeness (QED) is 0.522. The summed E-state index contributed by atoms with van der Waals surface area (Å²) in [7, 11) is 2.16. The van der Waals surface area contributed by atoms with Crippen molar-refractivity contribution in [1.82, 2.24) is 14.6 Å². The van der Waals surface area contributed by atoms with Gasteiger partial charge in [-0.25, -0.2) is 9.66 Å². The van der Waals surface area contributed by atoms with Gasteiger partial charge in [0.05, 0.1) is 11.6 Å². The van der Waals surface area contributed by atoms with Gasteiger partial charge in [-0.05, 0) is 30.8 Å². The molecule has 0 bridgehead atoms. The molecule has 3 heterocycles. The van der Waals surface area contributed by atoms with Crippen LogP contribution in [0.3, 0.4) is 0 Å². The molecule has 1 fully saturated rings. The fourth-order valence-corrected chi connectivity index (χ4v) is 3.73. The molecule has 0 radical (unpaired) electrons. The number of aromatic nitrogens is 2. The van der Waals surface area contributed by atoms with Crippen LogP contribution in [0.15, 0.2) is 76.5 Å². The maximum Gasteiger partial charge on any atom is 0.231 e. The van der Waals surface area contributed by atoms with E-state index in [1.807, 2.05) is 36.4 Å². The summed E-state index contributed by atoms with van der Waals surface area (Å²) in [6, 6.07) is 20.0. The first kappa shape index (κ1) is 19.3. The highest BCUT2D eigenvalue weighted by molar-refractivity contribution is 5.81. The predicted molar refractivity (Wildman–Crippen MR) is 122 cm³/mol. The number of hydrogen-bond donors (Lipinski definition) is 1. The van der Waals surface area contributed by atoms with Crippen LogP contribution in [0, 0.1) is 5.41 Å². The number of benzene rings is 2. The Kier molecular flexibility index (Phi) is 5.09. The average molecular weight is 412 g/mol. The van der Waals surface area contributed by atoms with Crippen LogP contribution in [-0.4, -0.2) is 54.0 Å². The summed E-state index contributed by atoms with van der Waals surface area (Å²) in [4.78, 5) is 9.08. The SMILES string of the molecule is CN1CCN(c2ccc(/C=N/n3cnc4oc(-c5ccccc5)cc4c3=N)cc2)CC1. The van der Waals surface area contributed by atoms with Crippen LogP contribution in [0.2, 0.25) is 0 Å². The minimum atomic E-state index is 0.237. The first-order valence-corrected chi connectivity index (χ1v) is 10.4. The van der Waals surface area contributed by atoms with E-state index in [9.17, 15) is 0 Å². The third-order valence-corrected chi connectivity index (χ3v) is 5.63. The molecule has 0 amide bonds. The maximum absolute atomic E-state index is 8.50. The Balaban J connectivity index is 1.36. The third kappa shape index (κ3) is 4.00. The van der Waals surface area contributed by atoms with E-state index in [1.54, 1.807) is 6.21 Å². The summed E-state index contributed by atoms with van der Waals surface area (Å²) in [6.07, 6.45) is 3.26. The van der Waals surface area contributed by atoms with Gasteiger partial charge in [-0.15, -0.1) is 0 Å². The zero-order valence-electron chi connectivity index (χ0n) is 17.4. The zero-order valence-corrected chi connectivity index (χ0v) is 17.4. The van der Waals surface area contributed by atoms with Crippen molar-refractivity contribution in [3.05, 3.63) is 78.0 Å². The van der Waals surface area contributed by atoms with Gasteiger partial charge >= 0.3 is 0 Å². The molecule has 156 valence electrons. The minimum absolute atomic E-state index is 0.237. The van der Waals surface area contributed by atoms with E-state index in [0.717, 1.165) is 37.3 Å². The average Bonchev–Trinajstić information content (AvgIpc) is 3.26. The molecule has 0 aliphatic carbocycles. The molecule has 1 aliphatic rings. The van der Waals surface area contributed by atoms with E-state index in [0.29, 0.717) is 16.9 Å². The van der Waals surface area contributed by atoms with Crippen molar-refractivity contribution in [1.29, 1.82) is 5.41 Å². The lowest BCUT2D eigenvalue weighted by molar-refractivity contribution is 0.313. The Morgan fingerprint density at radius 1 is 1.00 bits per heavy atom. The molecule has 5 rings (SSSR count). The molecule has 1 N–H and O–H groups in total. The Morgan fingerprint density at radius 2 is 1.74 bits per heavy atom. The molecule has 0 spiro atoms. The highest BCUT2D eigenvalue weighted by atomic mass is 16.3. The molecule has 7 heteroatoms. The second kappa shape index (κ2) is 8.20. The fourth-order valence-electron chi connectivity index (χ4n) is 3.73. The Hall–Kier alpha value is -3.71. The van der Waals surface area contributed by atoms with E-state index < -0.39 is 0 Å². The van der Waals surface area contributed by atoms with Crippen LogP contribution >= 0.6 is 0 Å². The number of piperazine rings is 1. The van der Waals surface area contributed by atoms with Crippen molar-refractivity contribution in [2.75, 3.05) is 38.1 Å². The van der Waals surface area contributed by atoms with Gasteiger partial charge in [0.25, 0.3) is 0 Å². The number of rotatable bonds is 4. The highest BCUT2D eigenvalue weighted by Crippen LogP contribution is 2.24. The van der Waals surface area contributed by atoms with Gasteiger partial charge in [-0.3, -0.25) is 5.41 Å². The molecule has 4 aromatic rings. The van der Waals surface area contributed by atoms with Crippen molar-refractivity contribution in [3.63, 3.8) is 0 Å². The maximum atomic E-state index is 8.50. The summed E-state index contributed by atoms with van der Waals surface area (Å²) in [5.41, 5.74) is 3.83. The van der Waals surface area contributed by atoms with Crippen molar-refractivity contribution in [2.45, 2.75) is 0 Å². The monoisotopic (exact) mass is 412 g/mol. The third-order valence-electron chi connectivity index (χ3n) is 5.63. The number of hydrogen-bond acceptors (Lipinski definition) is 6. The fraction of sp³-hybridized carbons (Fsp3) is 0.208. The first-order valence-electron chi connectivity index (χ1n) is 10.4. The minimum Gasteiger partial charge on any atom is -0.438 e. The number of nitrogens with zero attached hydrogens (tertiary/aromatic N) is 5. The van der Waals surface area contributed by atoms with Crippen molar-refractivity contribution < 1.29 is 4.42 Å². The number of fused-ring (bicyclic) bond motifs is 1. The topological polar surface area (TPSA) is 73.7 Å². The predicted octanol–water partition coefficient (Wildman–Crippen LogP) is 3.41. The van der Waals surface area contributed by atoms with Crippen LogP contribution in [0.1, 0.15) is 5.56 Å². The number of furan rings is 1. The molecule has 31 heavy (non-hydrogen) atoms. The van der Waals surface area contributed by atoms with Crippen LogP contribution in [0.25, 0.3) is 22.4 Å². The van der Waals surface area contributed by atoms with E-state index in [2.05, 4.69) is 51.2 Å². The lowest BCUT2D eigenvalue weighted by Crippen LogP contribution is -2.44. The lowest BCUT2D eigenvalue weighted by Gasteiger charge is -2.34. The van der Waals surface area contributed by atoms with Crippen LogP contribution in [0.4, 0.5) is 5.69 Å². The Labute approximate surface area is 180 Å². The summed E-state index contributed by atoms with van der Waals surface area (Å²) in [5.74, 6) is 0.692. The zero-order chi connectivity index (χ0) is 21.2. The largest absolute Gasteiger partial charge is 0.438 e. The second-order valence-corrected chi connectivity index (χ2v) is 7.76. The van der Waals surface area contributed by atoms with Crippen LogP contribution < -0.4 is 10.4 Å². The Bertz CT molecular complexity index is 1270. The van der Waals surface area contributed by atoms with Gasteiger partial charge in [0, 0.05) is 37.4 Å². The van der Waals surface area contributed by atoms with E-state index in [4.69, 9.17) is 9.83 Å². The molecule has 0 atom stereocenters. The molecule has 1 aliphatic heterocycles. The van der Waals surface area contributed by atoms with Gasteiger partial charge in [0.2, 0.25) is 5.71 Å². The number of nitrogens with one attached hydrogen (secondary N) is 1. The van der Waals surface area contributed by atoms with Gasteiger partial charge in [0.15, 0.2) is 5.49 Å². The lowest BCUT2D eigenvalue weighted by atomic mass is 10.2. The van der Waals surface area contributed by atoms with Crippen molar-refractivity contribution in [3.8, 4) is 11.3 Å². The van der Waals surface area contributed by atoms with E-state index >= 15 is 0 Å². The second-order valence-electron chi connectivity index (χ2n) is 7.76. The van der Waals surface area contributed by atoms with Crippen LogP contribution in [-0.2, 0) is 0 Å². The summed E-state index contributed by atoms with van der Waals surface area (Å²) in [6.45, 7) is 4.26. The normalized spacial score (nSPS) is 15.2. The van der Waals surface area contributed by atoms with Crippen molar-refractivity contribution >= 4 is 23.0 Å². The van der Waals surface area contributed by atoms with E-state index in [-0.39, 0.29) is 5.49 Å². The van der Waals surface area contributed by atoms with Gasteiger partial charge < -0.3 is 14.2 Å². The Morgan fingerprint density at radius 3 is 2.48 bits per heavy atom. The summed E-state index contributed by atoms with van der Waals surface area (Å²) >= 11 is 0. The summed E-state index contributed by atoms with van der Waals surface area (Å²) in [5, 5.41) is 13.6. The van der Waals surface area contributed by atoms with Gasteiger partial charge in [0.1, 0.15) is 12.1 Å². The first-order chi connectivity index (χ1) is 15.2. The number of likely N-dealkylation sites (N-methyl/N-ethyl adjacent to an activating group) is 1. The molecule has 2 aromatic heterocycles. The molecule has 0 saturated carbocycles. The molecular weight excluding hydrogens is 388 g/mol. The van der Waals surface area contributed by atoms with Gasteiger partial charge in [-0.2, -0.15) is 5.10 Å². The standard InChI is InChI=1S/C24H24N6O/c1-28-11-13-29(14-12-28)20-9-7-18(8-10-20)16-27-30-17-26-24-21(23(30)25)15-22(31-24)19-5-3-2-4-6-19/h2-10,15-17,25H,11-14H2,1H3/b25-23?,27-16+. The molecule has 0 unspecified atom stereocenters. The molecule has 7 nitrogen and oxygen atoms in total. The number of anilines is 1. The van der Waals surface area contributed by atoms with Crippen LogP contribution in [0.5, 0.6) is 0 Å².